The maximum atomic E-state index is 12.4. The van der Waals surface area contributed by atoms with Crippen molar-refractivity contribution in [2.45, 2.75) is 32.7 Å². The molecule has 0 aliphatic carbocycles. The number of nitrogens with one attached hydrogen (secondary N) is 2. The molecule has 1 amide bonds. The van der Waals surface area contributed by atoms with E-state index in [2.05, 4.69) is 15.4 Å². The summed E-state index contributed by atoms with van der Waals surface area (Å²) in [7, 11) is 0. The summed E-state index contributed by atoms with van der Waals surface area (Å²) < 4.78 is 41.3. The zero-order chi connectivity index (χ0) is 19.0. The molecule has 0 saturated heterocycles. The molecule has 0 aromatic heterocycles. The van der Waals surface area contributed by atoms with Gasteiger partial charge in [0.1, 0.15) is 5.75 Å². The Morgan fingerprint density at radius 2 is 1.67 bits per heavy atom. The number of carbonyl (C=O) groups excluding carboxylic acids is 1. The second kappa shape index (κ2) is 10.8. The monoisotopic (exact) mass is 402 g/mol. The molecule has 0 spiro atoms. The molecule has 2 N–H and O–H groups in total. The zero-order valence-electron chi connectivity index (χ0n) is 14.8. The van der Waals surface area contributed by atoms with Gasteiger partial charge in [-0.25, -0.2) is 0 Å². The Balaban J connectivity index is 0.00000364. The lowest BCUT2D eigenvalue weighted by Gasteiger charge is -2.14. The third kappa shape index (κ3) is 7.88. The smallest absolute Gasteiger partial charge is 0.406 e. The van der Waals surface area contributed by atoms with Crippen LogP contribution in [-0.4, -0.2) is 18.8 Å². The summed E-state index contributed by atoms with van der Waals surface area (Å²) in [4.78, 5) is 12.2. The molecule has 2 aromatic carbocycles. The van der Waals surface area contributed by atoms with Gasteiger partial charge in [-0.1, -0.05) is 43.3 Å². The molecule has 0 unspecified atom stereocenters. The number of amides is 1. The van der Waals surface area contributed by atoms with E-state index in [9.17, 15) is 18.0 Å². The highest BCUT2D eigenvalue weighted by Crippen LogP contribution is 2.27. The van der Waals surface area contributed by atoms with E-state index in [4.69, 9.17) is 0 Å². The topological polar surface area (TPSA) is 50.4 Å². The third-order valence-electron chi connectivity index (χ3n) is 3.68. The number of benzene rings is 2. The first kappa shape index (κ1) is 22.8. The Morgan fingerprint density at radius 1 is 1.04 bits per heavy atom. The number of carbonyl (C=O) groups is 1. The van der Waals surface area contributed by atoms with E-state index >= 15 is 0 Å². The molecule has 0 aliphatic rings. The van der Waals surface area contributed by atoms with Crippen molar-refractivity contribution >= 4 is 24.0 Å². The number of alkyl halides is 3. The van der Waals surface area contributed by atoms with Crippen LogP contribution in [-0.2, 0) is 17.8 Å². The number of anilines is 1. The minimum Gasteiger partial charge on any atom is -0.406 e. The number of ether oxygens (including phenoxy) is 1. The highest BCUT2D eigenvalue weighted by atomic mass is 35.5. The van der Waals surface area contributed by atoms with Crippen LogP contribution in [0.5, 0.6) is 5.75 Å². The van der Waals surface area contributed by atoms with E-state index in [1.54, 1.807) is 12.1 Å². The van der Waals surface area contributed by atoms with Crippen molar-refractivity contribution < 1.29 is 22.7 Å². The Hall–Kier alpha value is -2.25. The molecule has 0 heterocycles. The molecule has 2 rings (SSSR count). The molecule has 0 fully saturated rings. The summed E-state index contributed by atoms with van der Waals surface area (Å²) >= 11 is 0. The average Bonchev–Trinajstić information content (AvgIpc) is 2.59. The first-order chi connectivity index (χ1) is 12.4. The van der Waals surface area contributed by atoms with E-state index in [1.165, 1.54) is 18.2 Å². The predicted molar refractivity (Wildman–Crippen MR) is 101 cm³/mol. The lowest BCUT2D eigenvalue weighted by Crippen LogP contribution is -2.19. The van der Waals surface area contributed by atoms with E-state index in [-0.39, 0.29) is 36.9 Å². The molecule has 148 valence electrons. The number of rotatable bonds is 8. The fourth-order valence-electron chi connectivity index (χ4n) is 2.45. The number of hydrogen-bond donors (Lipinski definition) is 2. The standard InChI is InChI=1S/C19H21F3N2O2.ClH/c1-2-23-13-15-8-3-5-9-16(15)24-18(25)12-11-14-7-4-6-10-17(14)26-19(20,21)22;/h3-10,23H,2,11-13H2,1H3,(H,24,25);1H. The maximum Gasteiger partial charge on any atom is 0.573 e. The van der Waals surface area contributed by atoms with E-state index < -0.39 is 6.36 Å². The van der Waals surface area contributed by atoms with Crippen LogP contribution in [0, 0.1) is 0 Å². The van der Waals surface area contributed by atoms with Crippen LogP contribution in [0.3, 0.4) is 0 Å². The second-order valence-corrected chi connectivity index (χ2v) is 5.64. The largest absolute Gasteiger partial charge is 0.573 e. The molecule has 4 nitrogen and oxygen atoms in total. The van der Waals surface area contributed by atoms with Gasteiger partial charge in [-0.05, 0) is 36.2 Å². The van der Waals surface area contributed by atoms with Crippen LogP contribution in [0.4, 0.5) is 18.9 Å². The maximum absolute atomic E-state index is 12.4. The van der Waals surface area contributed by atoms with Gasteiger partial charge in [0, 0.05) is 18.7 Å². The lowest BCUT2D eigenvalue weighted by molar-refractivity contribution is -0.274. The van der Waals surface area contributed by atoms with Gasteiger partial charge in [0.15, 0.2) is 0 Å². The number of aryl methyl sites for hydroxylation is 1. The molecule has 8 heteroatoms. The molecule has 2 aromatic rings. The molecule has 0 saturated carbocycles. The van der Waals surface area contributed by atoms with Gasteiger partial charge in [-0.3, -0.25) is 4.79 Å². The summed E-state index contributed by atoms with van der Waals surface area (Å²) in [5.74, 6) is -0.545. The van der Waals surface area contributed by atoms with Gasteiger partial charge < -0.3 is 15.4 Å². The lowest BCUT2D eigenvalue weighted by atomic mass is 10.1. The molecule has 0 bridgehead atoms. The first-order valence-electron chi connectivity index (χ1n) is 8.31. The normalized spacial score (nSPS) is 10.8. The minimum atomic E-state index is -4.76. The second-order valence-electron chi connectivity index (χ2n) is 5.64. The summed E-state index contributed by atoms with van der Waals surface area (Å²) in [6, 6.07) is 13.2. The van der Waals surface area contributed by atoms with Gasteiger partial charge in [-0.2, -0.15) is 0 Å². The quantitative estimate of drug-likeness (QED) is 0.673. The van der Waals surface area contributed by atoms with E-state index in [0.717, 1.165) is 12.1 Å². The molecule has 0 radical (unpaired) electrons. The van der Waals surface area contributed by atoms with Crippen LogP contribution >= 0.6 is 12.4 Å². The van der Waals surface area contributed by atoms with Gasteiger partial charge >= 0.3 is 6.36 Å². The van der Waals surface area contributed by atoms with Crippen molar-refractivity contribution in [1.82, 2.24) is 5.32 Å². The number of para-hydroxylation sites is 2. The van der Waals surface area contributed by atoms with E-state index in [1.807, 2.05) is 25.1 Å². The molecular formula is C19H22ClF3N2O2. The summed E-state index contributed by atoms with van der Waals surface area (Å²) in [6.45, 7) is 3.41. The Morgan fingerprint density at radius 3 is 2.33 bits per heavy atom. The summed E-state index contributed by atoms with van der Waals surface area (Å²) in [6.07, 6.45) is -4.56. The first-order valence-corrected chi connectivity index (χ1v) is 8.31. The van der Waals surface area contributed by atoms with Crippen LogP contribution in [0.2, 0.25) is 0 Å². The summed E-state index contributed by atoms with van der Waals surface area (Å²) in [5.41, 5.74) is 1.97. The van der Waals surface area contributed by atoms with Crippen molar-refractivity contribution in [3.63, 3.8) is 0 Å². The van der Waals surface area contributed by atoms with Crippen LogP contribution in [0.1, 0.15) is 24.5 Å². The van der Waals surface area contributed by atoms with Crippen molar-refractivity contribution in [3.8, 4) is 5.75 Å². The van der Waals surface area contributed by atoms with Gasteiger partial charge in [-0.15, -0.1) is 25.6 Å². The van der Waals surface area contributed by atoms with Crippen molar-refractivity contribution in [2.75, 3.05) is 11.9 Å². The molecule has 27 heavy (non-hydrogen) atoms. The van der Waals surface area contributed by atoms with Gasteiger partial charge in [0.05, 0.1) is 0 Å². The Kier molecular flexibility index (Phi) is 9.11. The number of hydrogen-bond acceptors (Lipinski definition) is 3. The Bertz CT molecular complexity index is 739. The van der Waals surface area contributed by atoms with Crippen molar-refractivity contribution in [3.05, 3.63) is 59.7 Å². The Labute approximate surface area is 162 Å². The third-order valence-corrected chi connectivity index (χ3v) is 3.68. The van der Waals surface area contributed by atoms with Crippen LogP contribution in [0.15, 0.2) is 48.5 Å². The fourth-order valence-corrected chi connectivity index (χ4v) is 2.45. The SMILES string of the molecule is CCNCc1ccccc1NC(=O)CCc1ccccc1OC(F)(F)F.Cl. The van der Waals surface area contributed by atoms with E-state index in [0.29, 0.717) is 17.8 Å². The van der Waals surface area contributed by atoms with Crippen molar-refractivity contribution in [1.29, 1.82) is 0 Å². The van der Waals surface area contributed by atoms with Gasteiger partial charge in [0.2, 0.25) is 5.91 Å². The van der Waals surface area contributed by atoms with Crippen molar-refractivity contribution in [2.24, 2.45) is 0 Å². The van der Waals surface area contributed by atoms with Crippen LogP contribution in [0.25, 0.3) is 0 Å². The van der Waals surface area contributed by atoms with Crippen LogP contribution < -0.4 is 15.4 Å². The highest BCUT2D eigenvalue weighted by molar-refractivity contribution is 5.91. The highest BCUT2D eigenvalue weighted by Gasteiger charge is 2.31. The average molecular weight is 403 g/mol. The zero-order valence-corrected chi connectivity index (χ0v) is 15.6. The molecular weight excluding hydrogens is 381 g/mol. The fraction of sp³-hybridized carbons (Fsp3) is 0.316. The van der Waals surface area contributed by atoms with Gasteiger partial charge in [0.25, 0.3) is 0 Å². The predicted octanol–water partition coefficient (Wildman–Crippen LogP) is 4.69. The summed E-state index contributed by atoms with van der Waals surface area (Å²) in [5, 5.41) is 6.01. The molecule has 0 aliphatic heterocycles. The minimum absolute atomic E-state index is 0. The molecule has 0 atom stereocenters. The number of halogens is 4.